The van der Waals surface area contributed by atoms with E-state index in [9.17, 15) is 27.6 Å². The summed E-state index contributed by atoms with van der Waals surface area (Å²) in [7, 11) is 0. The average molecular weight is 436 g/mol. The molecule has 2 aromatic heterocycles. The Morgan fingerprint density at radius 3 is 2.61 bits per heavy atom. The minimum absolute atomic E-state index is 0.171. The fraction of sp³-hybridized carbons (Fsp3) is 0.222. The molecule has 0 fully saturated rings. The highest BCUT2D eigenvalue weighted by Crippen LogP contribution is 2.19. The molecule has 2 N–H and O–H groups in total. The normalized spacial score (nSPS) is 11.8. The molecule has 3 rings (SSSR count). The quantitative estimate of drug-likeness (QED) is 0.438. The Labute approximate surface area is 172 Å². The monoisotopic (exact) mass is 436 g/mol. The smallest absolute Gasteiger partial charge is 0.379 e. The number of benzene rings is 1. The van der Waals surface area contributed by atoms with Gasteiger partial charge in [0.25, 0.3) is 17.5 Å². The van der Waals surface area contributed by atoms with Crippen LogP contribution in [0, 0.1) is 24.4 Å². The van der Waals surface area contributed by atoms with Crippen LogP contribution in [-0.4, -0.2) is 50.0 Å². The molecule has 162 valence electrons. The lowest BCUT2D eigenvalue weighted by atomic mass is 10.2. The number of anilines is 1. The molecule has 0 spiro atoms. The highest BCUT2D eigenvalue weighted by molar-refractivity contribution is 5.96. The molecule has 0 aliphatic carbocycles. The summed E-state index contributed by atoms with van der Waals surface area (Å²) >= 11 is 0. The number of rotatable bonds is 6. The Hall–Kier alpha value is -4.03. The van der Waals surface area contributed by atoms with Crippen LogP contribution in [0.15, 0.2) is 24.4 Å². The third-order valence-corrected chi connectivity index (χ3v) is 4.00. The van der Waals surface area contributed by atoms with E-state index in [1.807, 2.05) is 5.32 Å². The Morgan fingerprint density at radius 2 is 1.90 bits per heavy atom. The zero-order valence-corrected chi connectivity index (χ0v) is 16.1. The van der Waals surface area contributed by atoms with Crippen LogP contribution in [0.4, 0.5) is 18.9 Å². The maximum absolute atomic E-state index is 13.6. The third kappa shape index (κ3) is 4.76. The molecule has 0 saturated carbocycles. The average Bonchev–Trinajstić information content (AvgIpc) is 3.18. The van der Waals surface area contributed by atoms with Crippen molar-refractivity contribution in [1.82, 2.24) is 24.9 Å². The molecule has 0 bridgehead atoms. The number of fused-ring (bicyclic) bond motifs is 1. The second kappa shape index (κ2) is 8.77. The molecule has 13 heteroatoms. The maximum atomic E-state index is 13.6. The summed E-state index contributed by atoms with van der Waals surface area (Å²) in [6.45, 7) is 2.33. The molecule has 31 heavy (non-hydrogen) atoms. The largest absolute Gasteiger partial charge is 0.447 e. The number of amides is 2. The Morgan fingerprint density at radius 1 is 1.16 bits per heavy atom. The van der Waals surface area contributed by atoms with Gasteiger partial charge in [0.05, 0.1) is 12.2 Å². The molecule has 2 amide bonds. The number of hydrogen-bond donors (Lipinski definition) is 2. The number of halogens is 3. The highest BCUT2D eigenvalue weighted by atomic mass is 19.2. The number of ether oxygens (including phenoxy) is 1. The van der Waals surface area contributed by atoms with Gasteiger partial charge in [-0.05, 0) is 32.0 Å². The molecule has 0 radical (unpaired) electrons. The molecule has 2 heterocycles. The zero-order chi connectivity index (χ0) is 22.7. The van der Waals surface area contributed by atoms with Crippen LogP contribution in [0.25, 0.3) is 5.78 Å². The van der Waals surface area contributed by atoms with Crippen LogP contribution in [0.5, 0.6) is 0 Å². The second-order valence-corrected chi connectivity index (χ2v) is 6.27. The van der Waals surface area contributed by atoms with Crippen molar-refractivity contribution in [3.05, 3.63) is 53.4 Å². The Bertz CT molecular complexity index is 1180. The SMILES string of the molecule is Cc1ccnc2nc(C(=O)OC(C)C(=O)NCC(=O)Nc3ccc(F)c(F)c3F)nn12. The molecule has 1 unspecified atom stereocenters. The number of carbonyl (C=O) groups excluding carboxylic acids is 3. The Kier molecular flexibility index (Phi) is 6.13. The lowest BCUT2D eigenvalue weighted by Crippen LogP contribution is -2.40. The predicted octanol–water partition coefficient (Wildman–Crippen LogP) is 1.15. The molecule has 3 aromatic rings. The van der Waals surface area contributed by atoms with E-state index in [1.54, 1.807) is 13.0 Å². The van der Waals surface area contributed by atoms with E-state index in [0.717, 1.165) is 6.07 Å². The van der Waals surface area contributed by atoms with Gasteiger partial charge in [-0.15, -0.1) is 5.10 Å². The Balaban J connectivity index is 1.54. The molecular weight excluding hydrogens is 421 g/mol. The van der Waals surface area contributed by atoms with E-state index in [0.29, 0.717) is 11.8 Å². The van der Waals surface area contributed by atoms with Gasteiger partial charge in [0.1, 0.15) is 0 Å². The fourth-order valence-electron chi connectivity index (χ4n) is 2.39. The number of hydrogen-bond acceptors (Lipinski definition) is 7. The zero-order valence-electron chi connectivity index (χ0n) is 16.1. The fourth-order valence-corrected chi connectivity index (χ4v) is 2.39. The summed E-state index contributed by atoms with van der Waals surface area (Å²) in [5, 5.41) is 8.10. The van der Waals surface area contributed by atoms with Gasteiger partial charge < -0.3 is 15.4 Å². The van der Waals surface area contributed by atoms with Crippen molar-refractivity contribution in [2.24, 2.45) is 0 Å². The summed E-state index contributed by atoms with van der Waals surface area (Å²) in [4.78, 5) is 43.9. The van der Waals surface area contributed by atoms with Crippen molar-refractivity contribution in [3.63, 3.8) is 0 Å². The van der Waals surface area contributed by atoms with E-state index in [1.165, 1.54) is 17.6 Å². The number of aryl methyl sites for hydroxylation is 1. The first-order valence-corrected chi connectivity index (χ1v) is 8.77. The van der Waals surface area contributed by atoms with Gasteiger partial charge in [0.15, 0.2) is 23.6 Å². The summed E-state index contributed by atoms with van der Waals surface area (Å²) in [6, 6.07) is 3.12. The highest BCUT2D eigenvalue weighted by Gasteiger charge is 2.23. The van der Waals surface area contributed by atoms with Crippen LogP contribution < -0.4 is 10.6 Å². The molecule has 1 aromatic carbocycles. The molecule has 1 atom stereocenters. The first-order chi connectivity index (χ1) is 14.7. The van der Waals surface area contributed by atoms with Crippen LogP contribution in [0.2, 0.25) is 0 Å². The lowest BCUT2D eigenvalue weighted by molar-refractivity contribution is -0.130. The van der Waals surface area contributed by atoms with Gasteiger partial charge >= 0.3 is 5.97 Å². The van der Waals surface area contributed by atoms with Crippen LogP contribution in [0.1, 0.15) is 23.2 Å². The standard InChI is InChI=1S/C18H15F3N6O4/c1-8-5-6-22-18-25-15(26-27(8)18)17(30)31-9(2)16(29)23-7-12(28)24-11-4-3-10(19)13(20)14(11)21/h3-6,9H,7H2,1-2H3,(H,23,29)(H,24,28). The number of carbonyl (C=O) groups is 3. The summed E-state index contributed by atoms with van der Waals surface area (Å²) in [6.07, 6.45) is 0.169. The molecule has 0 saturated heterocycles. The van der Waals surface area contributed by atoms with E-state index < -0.39 is 53.6 Å². The number of esters is 1. The van der Waals surface area contributed by atoms with Crippen molar-refractivity contribution < 1.29 is 32.3 Å². The second-order valence-electron chi connectivity index (χ2n) is 6.27. The minimum atomic E-state index is -1.74. The van der Waals surface area contributed by atoms with Crippen molar-refractivity contribution in [2.75, 3.05) is 11.9 Å². The first kappa shape index (κ1) is 21.7. The van der Waals surface area contributed by atoms with Gasteiger partial charge in [-0.1, -0.05) is 0 Å². The van der Waals surface area contributed by atoms with Gasteiger partial charge in [-0.2, -0.15) is 4.98 Å². The van der Waals surface area contributed by atoms with E-state index in [-0.39, 0.29) is 11.6 Å². The molecule has 0 aliphatic rings. The van der Waals surface area contributed by atoms with Crippen LogP contribution in [0.3, 0.4) is 0 Å². The van der Waals surface area contributed by atoms with Crippen molar-refractivity contribution >= 4 is 29.2 Å². The van der Waals surface area contributed by atoms with Crippen molar-refractivity contribution in [3.8, 4) is 0 Å². The van der Waals surface area contributed by atoms with Gasteiger partial charge in [-0.3, -0.25) is 9.59 Å². The van der Waals surface area contributed by atoms with E-state index in [2.05, 4.69) is 20.4 Å². The van der Waals surface area contributed by atoms with Crippen molar-refractivity contribution in [1.29, 1.82) is 0 Å². The predicted molar refractivity (Wildman–Crippen MR) is 98.4 cm³/mol. The van der Waals surface area contributed by atoms with Gasteiger partial charge in [-0.25, -0.2) is 27.5 Å². The molecule has 10 nitrogen and oxygen atoms in total. The topological polar surface area (TPSA) is 128 Å². The summed E-state index contributed by atoms with van der Waals surface area (Å²) < 4.78 is 45.9. The lowest BCUT2D eigenvalue weighted by Gasteiger charge is -2.12. The molecule has 0 aliphatic heterocycles. The van der Waals surface area contributed by atoms with Gasteiger partial charge in [0, 0.05) is 11.9 Å². The number of nitrogens with zero attached hydrogens (tertiary/aromatic N) is 4. The van der Waals surface area contributed by atoms with E-state index >= 15 is 0 Å². The van der Waals surface area contributed by atoms with Crippen molar-refractivity contribution in [2.45, 2.75) is 20.0 Å². The maximum Gasteiger partial charge on any atom is 0.379 e. The van der Waals surface area contributed by atoms with Crippen LogP contribution in [-0.2, 0) is 14.3 Å². The van der Waals surface area contributed by atoms with E-state index in [4.69, 9.17) is 4.74 Å². The number of aromatic nitrogens is 4. The molecular formula is C18H15F3N6O4. The first-order valence-electron chi connectivity index (χ1n) is 8.77. The third-order valence-electron chi connectivity index (χ3n) is 4.00. The van der Waals surface area contributed by atoms with Crippen LogP contribution >= 0.6 is 0 Å². The summed E-state index contributed by atoms with van der Waals surface area (Å²) in [5.41, 5.74) is 0.0743. The van der Waals surface area contributed by atoms with Gasteiger partial charge in [0.2, 0.25) is 5.91 Å². The summed E-state index contributed by atoms with van der Waals surface area (Å²) in [5.74, 6) is -7.61. The minimum Gasteiger partial charge on any atom is -0.447 e. The number of nitrogens with one attached hydrogen (secondary N) is 2.